The van der Waals surface area contributed by atoms with Crippen LogP contribution in [-0.2, 0) is 11.2 Å². The predicted molar refractivity (Wildman–Crippen MR) is 75.4 cm³/mol. The van der Waals surface area contributed by atoms with Gasteiger partial charge in [0, 0.05) is 5.69 Å². The number of hydrogen-bond donors (Lipinski definition) is 0. The average molecular weight is 252 g/mol. The molecule has 0 saturated carbocycles. The lowest BCUT2D eigenvalue weighted by Gasteiger charge is -2.03. The van der Waals surface area contributed by atoms with E-state index in [0.29, 0.717) is 12.5 Å². The van der Waals surface area contributed by atoms with Gasteiger partial charge in [-0.3, -0.25) is 0 Å². The third-order valence-electron chi connectivity index (χ3n) is 3.13. The highest BCUT2D eigenvalue weighted by atomic mass is 16.5. The van der Waals surface area contributed by atoms with Crippen LogP contribution < -0.4 is 0 Å². The summed E-state index contributed by atoms with van der Waals surface area (Å²) in [5.41, 5.74) is 3.10. The minimum atomic E-state index is 0.194. The van der Waals surface area contributed by atoms with Gasteiger partial charge >= 0.3 is 0 Å². The van der Waals surface area contributed by atoms with E-state index in [4.69, 9.17) is 4.74 Å². The van der Waals surface area contributed by atoms with E-state index < -0.39 is 0 Å². The molecule has 19 heavy (non-hydrogen) atoms. The highest BCUT2D eigenvalue weighted by Crippen LogP contribution is 2.15. The zero-order chi connectivity index (χ0) is 13.1. The maximum atomic E-state index is 5.67. The van der Waals surface area contributed by atoms with Gasteiger partial charge in [0.1, 0.15) is 12.3 Å². The van der Waals surface area contributed by atoms with Crippen molar-refractivity contribution in [3.8, 4) is 0 Å². The number of hydrogen-bond acceptors (Lipinski definition) is 3. The average Bonchev–Trinajstić information content (AvgIpc) is 2.88. The van der Waals surface area contributed by atoms with E-state index >= 15 is 0 Å². The van der Waals surface area contributed by atoms with Crippen molar-refractivity contribution in [2.45, 2.75) is 19.4 Å². The number of aryl methyl sites for hydroxylation is 1. The van der Waals surface area contributed by atoms with Crippen molar-refractivity contribution >= 4 is 5.90 Å². The van der Waals surface area contributed by atoms with Gasteiger partial charge in [-0.25, -0.2) is 9.98 Å². The van der Waals surface area contributed by atoms with Crippen molar-refractivity contribution in [3.05, 3.63) is 65.5 Å². The normalized spacial score (nSPS) is 17.9. The van der Waals surface area contributed by atoms with Crippen LogP contribution in [0.2, 0.25) is 0 Å². The first-order chi connectivity index (χ1) is 9.31. The molecule has 1 atom stereocenters. The van der Waals surface area contributed by atoms with Crippen molar-refractivity contribution in [1.29, 1.82) is 0 Å². The van der Waals surface area contributed by atoms with Gasteiger partial charge in [0.05, 0.1) is 6.04 Å². The van der Waals surface area contributed by atoms with E-state index in [2.05, 4.69) is 34.2 Å². The fourth-order valence-electron chi connectivity index (χ4n) is 2.21. The molecule has 0 N–H and O–H groups in total. The van der Waals surface area contributed by atoms with E-state index in [1.165, 1.54) is 5.56 Å². The van der Waals surface area contributed by atoms with E-state index in [0.717, 1.165) is 17.8 Å². The molecule has 0 aliphatic carbocycles. The Bertz CT molecular complexity index is 593. The Morgan fingerprint density at radius 3 is 2.74 bits per heavy atom. The standard InChI is InChI=1S/C16H16N2O/c1-12-6-5-9-15(17-12)16-18-14(11-19-16)10-13-7-3-2-4-8-13/h2-9,14H,10-11H2,1H3/t14-/m1/s1. The molecule has 3 rings (SSSR count). The minimum Gasteiger partial charge on any atom is -0.474 e. The second-order valence-corrected chi connectivity index (χ2v) is 4.75. The number of nitrogens with zero attached hydrogens (tertiary/aromatic N) is 2. The summed E-state index contributed by atoms with van der Waals surface area (Å²) < 4.78 is 5.67. The first-order valence-electron chi connectivity index (χ1n) is 6.50. The smallest absolute Gasteiger partial charge is 0.235 e. The lowest BCUT2D eigenvalue weighted by Crippen LogP contribution is -2.09. The maximum Gasteiger partial charge on any atom is 0.235 e. The van der Waals surface area contributed by atoms with Crippen molar-refractivity contribution in [1.82, 2.24) is 4.98 Å². The number of aromatic nitrogens is 1. The van der Waals surface area contributed by atoms with Crippen LogP contribution in [0.1, 0.15) is 17.0 Å². The zero-order valence-electron chi connectivity index (χ0n) is 10.9. The third kappa shape index (κ3) is 2.81. The first kappa shape index (κ1) is 11.9. The lowest BCUT2D eigenvalue weighted by atomic mass is 10.1. The highest BCUT2D eigenvalue weighted by molar-refractivity contribution is 5.93. The fourth-order valence-corrected chi connectivity index (χ4v) is 2.21. The Hall–Kier alpha value is -2.16. The minimum absolute atomic E-state index is 0.194. The van der Waals surface area contributed by atoms with Gasteiger partial charge in [-0.1, -0.05) is 36.4 Å². The van der Waals surface area contributed by atoms with Crippen LogP contribution in [0.25, 0.3) is 0 Å². The summed E-state index contributed by atoms with van der Waals surface area (Å²) in [6.07, 6.45) is 0.913. The van der Waals surface area contributed by atoms with Crippen LogP contribution in [0.15, 0.2) is 53.5 Å². The van der Waals surface area contributed by atoms with E-state index in [9.17, 15) is 0 Å². The SMILES string of the molecule is Cc1cccc(C2=N[C@H](Cc3ccccc3)CO2)n1. The summed E-state index contributed by atoms with van der Waals surface area (Å²) in [6, 6.07) is 16.5. The predicted octanol–water partition coefficient (Wildman–Crippen LogP) is 2.78. The molecule has 0 fully saturated rings. The van der Waals surface area contributed by atoms with Gasteiger partial charge in [-0.2, -0.15) is 0 Å². The second-order valence-electron chi connectivity index (χ2n) is 4.75. The molecule has 0 unspecified atom stereocenters. The molecule has 2 heterocycles. The van der Waals surface area contributed by atoms with Gasteiger partial charge in [-0.05, 0) is 31.0 Å². The Labute approximate surface area is 113 Å². The second kappa shape index (κ2) is 5.22. The zero-order valence-corrected chi connectivity index (χ0v) is 10.9. The number of ether oxygens (including phenoxy) is 1. The molecule has 3 heteroatoms. The van der Waals surface area contributed by atoms with Crippen LogP contribution in [0.4, 0.5) is 0 Å². The third-order valence-corrected chi connectivity index (χ3v) is 3.13. The van der Waals surface area contributed by atoms with Gasteiger partial charge in [-0.15, -0.1) is 0 Å². The topological polar surface area (TPSA) is 34.5 Å². The molecule has 1 aromatic carbocycles. The van der Waals surface area contributed by atoms with Crippen LogP contribution in [0, 0.1) is 6.92 Å². The van der Waals surface area contributed by atoms with E-state index in [1.807, 2.05) is 31.2 Å². The van der Waals surface area contributed by atoms with Crippen LogP contribution in [0.3, 0.4) is 0 Å². The Morgan fingerprint density at radius 1 is 1.11 bits per heavy atom. The summed E-state index contributed by atoms with van der Waals surface area (Å²) in [6.45, 7) is 2.61. The largest absolute Gasteiger partial charge is 0.474 e. The number of pyridine rings is 1. The lowest BCUT2D eigenvalue weighted by molar-refractivity contribution is 0.316. The molecular weight excluding hydrogens is 236 g/mol. The monoisotopic (exact) mass is 252 g/mol. The number of aliphatic imine (C=N–C) groups is 1. The van der Waals surface area contributed by atoms with Crippen molar-refractivity contribution in [3.63, 3.8) is 0 Å². The molecule has 0 saturated heterocycles. The molecule has 1 aliphatic rings. The Balaban J connectivity index is 1.74. The molecule has 0 radical (unpaired) electrons. The van der Waals surface area contributed by atoms with Crippen LogP contribution >= 0.6 is 0 Å². The maximum absolute atomic E-state index is 5.67. The molecule has 1 aliphatic heterocycles. The molecule has 0 spiro atoms. The van der Waals surface area contributed by atoms with Crippen LogP contribution in [0.5, 0.6) is 0 Å². The molecule has 0 amide bonds. The van der Waals surface area contributed by atoms with Gasteiger partial charge in [0.2, 0.25) is 5.90 Å². The van der Waals surface area contributed by atoms with Crippen molar-refractivity contribution in [2.24, 2.45) is 4.99 Å². The summed E-state index contributed by atoms with van der Waals surface area (Å²) in [4.78, 5) is 9.07. The van der Waals surface area contributed by atoms with Gasteiger partial charge in [0.25, 0.3) is 0 Å². The molecule has 96 valence electrons. The Kier molecular flexibility index (Phi) is 3.27. The Morgan fingerprint density at radius 2 is 1.95 bits per heavy atom. The fraction of sp³-hybridized carbons (Fsp3) is 0.250. The molecule has 3 nitrogen and oxygen atoms in total. The quantitative estimate of drug-likeness (QED) is 0.841. The summed E-state index contributed by atoms with van der Waals surface area (Å²) >= 11 is 0. The van der Waals surface area contributed by atoms with Crippen molar-refractivity contribution in [2.75, 3.05) is 6.61 Å². The first-order valence-corrected chi connectivity index (χ1v) is 6.50. The molecule has 0 bridgehead atoms. The van der Waals surface area contributed by atoms with E-state index in [-0.39, 0.29) is 6.04 Å². The number of benzene rings is 1. The molecule has 2 aromatic rings. The summed E-state index contributed by atoms with van der Waals surface area (Å²) in [5.74, 6) is 0.671. The highest BCUT2D eigenvalue weighted by Gasteiger charge is 2.21. The summed E-state index contributed by atoms with van der Waals surface area (Å²) in [7, 11) is 0. The number of rotatable bonds is 3. The molecule has 1 aromatic heterocycles. The van der Waals surface area contributed by atoms with Crippen LogP contribution in [-0.4, -0.2) is 23.5 Å². The van der Waals surface area contributed by atoms with E-state index in [1.54, 1.807) is 0 Å². The van der Waals surface area contributed by atoms with Gasteiger partial charge < -0.3 is 4.74 Å². The van der Waals surface area contributed by atoms with Gasteiger partial charge in [0.15, 0.2) is 0 Å². The summed E-state index contributed by atoms with van der Waals surface area (Å²) in [5, 5.41) is 0. The van der Waals surface area contributed by atoms with Crippen molar-refractivity contribution < 1.29 is 4.74 Å². The molecular formula is C16H16N2O.